The molecule has 0 aliphatic carbocycles. The topological polar surface area (TPSA) is 151 Å². The minimum atomic E-state index is -0.916. The molecule has 0 fully saturated rings. The van der Waals surface area contributed by atoms with Gasteiger partial charge in [-0.25, -0.2) is 0 Å². The monoisotopic (exact) mass is 436 g/mol. The lowest BCUT2D eigenvalue weighted by Gasteiger charge is -2.24. The quantitative estimate of drug-likeness (QED) is 0.210. The van der Waals surface area contributed by atoms with Crippen LogP contribution in [0, 0.1) is 6.92 Å². The van der Waals surface area contributed by atoms with Gasteiger partial charge in [0.2, 0.25) is 11.2 Å². The summed E-state index contributed by atoms with van der Waals surface area (Å²) in [6.45, 7) is 1.74. The van der Waals surface area contributed by atoms with Crippen molar-refractivity contribution in [2.75, 3.05) is 0 Å². The number of benzene rings is 2. The minimum absolute atomic E-state index is 0.00125. The highest BCUT2D eigenvalue weighted by atomic mass is 16.5. The van der Waals surface area contributed by atoms with Crippen LogP contribution in [0.4, 0.5) is 0 Å². The normalized spacial score (nSPS) is 15.5. The summed E-state index contributed by atoms with van der Waals surface area (Å²) in [6, 6.07) is 8.16. The number of rotatable bonds is 2. The first-order chi connectivity index (χ1) is 15.2. The van der Waals surface area contributed by atoms with Crippen LogP contribution < -0.4 is 10.2 Å². The Morgan fingerprint density at radius 1 is 0.906 bits per heavy atom. The largest absolute Gasteiger partial charge is 0.507 e. The predicted octanol–water partition coefficient (Wildman–Crippen LogP) is 3.62. The van der Waals surface area contributed by atoms with Crippen molar-refractivity contribution in [2.45, 2.75) is 19.3 Å². The molecule has 1 unspecified atom stereocenters. The summed E-state index contributed by atoms with van der Waals surface area (Å²) in [5.74, 6) is -2.68. The van der Waals surface area contributed by atoms with Gasteiger partial charge in [-0.2, -0.15) is 0 Å². The van der Waals surface area contributed by atoms with Gasteiger partial charge in [0.25, 0.3) is 0 Å². The van der Waals surface area contributed by atoms with Crippen LogP contribution in [0.15, 0.2) is 50.0 Å². The number of phenols is 3. The molecule has 2 aromatic carbocycles. The molecule has 0 saturated carbocycles. The van der Waals surface area contributed by atoms with E-state index in [1.165, 1.54) is 12.1 Å². The maximum absolute atomic E-state index is 13.0. The SMILES string of the molecule is Cc1ccc(C2CC(=O)Oc3cc(O)c4c(=O)c(O)c(-c5ccc(O)c(O)c5)oc4c32)o1. The van der Waals surface area contributed by atoms with Crippen LogP contribution in [0.2, 0.25) is 0 Å². The van der Waals surface area contributed by atoms with Crippen molar-refractivity contribution in [2.24, 2.45) is 0 Å². The number of aromatic hydroxyl groups is 4. The molecule has 0 spiro atoms. The standard InChI is InChI=1S/C23H16O9/c1-9-2-5-15(30-9)11-7-17(27)31-16-8-14(26)19-20(28)21(29)22(32-23(19)18(11)16)10-3-4-12(24)13(25)6-10/h2-6,8,11,24-26,29H,7H2,1H3. The number of furan rings is 1. The number of ether oxygens (including phenoxy) is 1. The van der Waals surface area contributed by atoms with E-state index in [4.69, 9.17) is 13.6 Å². The Bertz CT molecular complexity index is 1480. The van der Waals surface area contributed by atoms with Gasteiger partial charge in [0.15, 0.2) is 17.3 Å². The summed E-state index contributed by atoms with van der Waals surface area (Å²) >= 11 is 0. The molecule has 0 bridgehead atoms. The van der Waals surface area contributed by atoms with Crippen LogP contribution >= 0.6 is 0 Å². The summed E-state index contributed by atoms with van der Waals surface area (Å²) in [6.07, 6.45) is -0.0975. The van der Waals surface area contributed by atoms with Crippen LogP contribution in [-0.4, -0.2) is 26.4 Å². The van der Waals surface area contributed by atoms with E-state index in [1.54, 1.807) is 19.1 Å². The molecule has 1 aliphatic rings. The first kappa shape index (κ1) is 19.6. The molecule has 3 heterocycles. The van der Waals surface area contributed by atoms with Crippen LogP contribution in [-0.2, 0) is 4.79 Å². The lowest BCUT2D eigenvalue weighted by Crippen LogP contribution is -2.21. The van der Waals surface area contributed by atoms with E-state index >= 15 is 0 Å². The summed E-state index contributed by atoms with van der Waals surface area (Å²) in [5.41, 5.74) is -0.613. The first-order valence-corrected chi connectivity index (χ1v) is 9.59. The first-order valence-electron chi connectivity index (χ1n) is 9.59. The van der Waals surface area contributed by atoms with Gasteiger partial charge in [0, 0.05) is 17.2 Å². The van der Waals surface area contributed by atoms with Gasteiger partial charge in [-0.05, 0) is 37.3 Å². The van der Waals surface area contributed by atoms with E-state index in [2.05, 4.69) is 0 Å². The highest BCUT2D eigenvalue weighted by Crippen LogP contribution is 2.47. The smallest absolute Gasteiger partial charge is 0.312 e. The van der Waals surface area contributed by atoms with Crippen LogP contribution in [0.1, 0.15) is 29.4 Å². The Kier molecular flexibility index (Phi) is 4.16. The summed E-state index contributed by atoms with van der Waals surface area (Å²) in [7, 11) is 0. The molecule has 5 rings (SSSR count). The number of phenolic OH excluding ortho intramolecular Hbond substituents is 3. The average Bonchev–Trinajstić information content (AvgIpc) is 3.17. The van der Waals surface area contributed by atoms with Gasteiger partial charge in [-0.1, -0.05) is 0 Å². The fourth-order valence-corrected chi connectivity index (χ4v) is 3.93. The fraction of sp³-hybridized carbons (Fsp3) is 0.130. The maximum atomic E-state index is 13.0. The molecule has 2 aromatic heterocycles. The summed E-state index contributed by atoms with van der Waals surface area (Å²) < 4.78 is 16.9. The maximum Gasteiger partial charge on any atom is 0.312 e. The second-order valence-corrected chi connectivity index (χ2v) is 7.50. The Balaban J connectivity index is 1.86. The molecule has 9 nitrogen and oxygen atoms in total. The molecule has 9 heteroatoms. The molecule has 1 aliphatic heterocycles. The molecule has 32 heavy (non-hydrogen) atoms. The lowest BCUT2D eigenvalue weighted by molar-refractivity contribution is -0.135. The summed E-state index contributed by atoms with van der Waals surface area (Å²) in [5, 5.41) is 40.1. The van der Waals surface area contributed by atoms with Crippen molar-refractivity contribution < 1.29 is 38.8 Å². The lowest BCUT2D eigenvalue weighted by atomic mass is 9.88. The van der Waals surface area contributed by atoms with Gasteiger partial charge in [-0.15, -0.1) is 0 Å². The summed E-state index contributed by atoms with van der Waals surface area (Å²) in [4.78, 5) is 25.2. The molecular formula is C23H16O9. The van der Waals surface area contributed by atoms with Gasteiger partial charge in [0.05, 0.1) is 12.3 Å². The van der Waals surface area contributed by atoms with E-state index in [9.17, 15) is 30.0 Å². The second kappa shape index (κ2) is 6.81. The zero-order valence-corrected chi connectivity index (χ0v) is 16.6. The number of carbonyl (C=O) groups is 1. The number of fused-ring (bicyclic) bond motifs is 3. The molecule has 0 saturated heterocycles. The molecule has 4 aromatic rings. The van der Waals surface area contributed by atoms with Gasteiger partial charge in [-0.3, -0.25) is 9.59 Å². The Morgan fingerprint density at radius 3 is 2.38 bits per heavy atom. The van der Waals surface area contributed by atoms with E-state index in [1.807, 2.05) is 0 Å². The molecule has 0 amide bonds. The van der Waals surface area contributed by atoms with Crippen molar-refractivity contribution in [3.05, 3.63) is 63.7 Å². The number of hydrogen-bond acceptors (Lipinski definition) is 9. The third kappa shape index (κ3) is 2.86. The van der Waals surface area contributed by atoms with E-state index in [0.29, 0.717) is 17.1 Å². The zero-order chi connectivity index (χ0) is 22.7. The Hall–Kier alpha value is -4.40. The molecule has 4 N–H and O–H groups in total. The molecule has 162 valence electrons. The van der Waals surface area contributed by atoms with Crippen LogP contribution in [0.25, 0.3) is 22.3 Å². The van der Waals surface area contributed by atoms with Crippen molar-refractivity contribution in [1.29, 1.82) is 0 Å². The van der Waals surface area contributed by atoms with Crippen molar-refractivity contribution >= 4 is 16.9 Å². The molecule has 1 atom stereocenters. The second-order valence-electron chi connectivity index (χ2n) is 7.50. The number of hydrogen-bond donors (Lipinski definition) is 4. The Morgan fingerprint density at radius 2 is 1.69 bits per heavy atom. The Labute approximate surface area is 179 Å². The highest BCUT2D eigenvalue weighted by molar-refractivity contribution is 5.94. The predicted molar refractivity (Wildman–Crippen MR) is 110 cm³/mol. The van der Waals surface area contributed by atoms with E-state index in [0.717, 1.165) is 12.1 Å². The third-order valence-corrected chi connectivity index (χ3v) is 5.41. The number of carbonyl (C=O) groups excluding carboxylic acids is 1. The van der Waals surface area contributed by atoms with Crippen LogP contribution in [0.3, 0.4) is 0 Å². The highest BCUT2D eigenvalue weighted by Gasteiger charge is 2.36. The molecular weight excluding hydrogens is 420 g/mol. The fourth-order valence-electron chi connectivity index (χ4n) is 3.93. The van der Waals surface area contributed by atoms with E-state index < -0.39 is 40.3 Å². The molecule has 0 radical (unpaired) electrons. The van der Waals surface area contributed by atoms with Crippen molar-refractivity contribution in [3.63, 3.8) is 0 Å². The number of aryl methyl sites for hydroxylation is 1. The third-order valence-electron chi connectivity index (χ3n) is 5.41. The van der Waals surface area contributed by atoms with Crippen molar-refractivity contribution in [1.82, 2.24) is 0 Å². The average molecular weight is 436 g/mol. The van der Waals surface area contributed by atoms with Crippen molar-refractivity contribution in [3.8, 4) is 40.1 Å². The minimum Gasteiger partial charge on any atom is -0.507 e. The van der Waals surface area contributed by atoms with Crippen LogP contribution in [0.5, 0.6) is 28.7 Å². The zero-order valence-electron chi connectivity index (χ0n) is 16.6. The van der Waals surface area contributed by atoms with E-state index in [-0.39, 0.29) is 34.5 Å². The van der Waals surface area contributed by atoms with Gasteiger partial charge >= 0.3 is 5.97 Å². The van der Waals surface area contributed by atoms with Gasteiger partial charge in [0.1, 0.15) is 34.0 Å². The number of esters is 1. The van der Waals surface area contributed by atoms with Gasteiger partial charge < -0.3 is 34.0 Å².